The minimum Gasteiger partial charge on any atom is -0.462 e. The average molecular weight is 785 g/mol. The van der Waals surface area contributed by atoms with Crippen molar-refractivity contribution in [1.29, 1.82) is 0 Å². The minimum absolute atomic E-state index is 0.131. The molecule has 2 N–H and O–H groups in total. The van der Waals surface area contributed by atoms with Crippen LogP contribution in [0.15, 0.2) is 94.1 Å². The summed E-state index contributed by atoms with van der Waals surface area (Å²) < 4.78 is 41.5. The third-order valence-electron chi connectivity index (χ3n) is 7.22. The molecule has 18 heteroatoms. The number of amides is 2. The first-order valence-corrected chi connectivity index (χ1v) is 16.3. The maximum Gasteiger partial charge on any atom is 0.411 e. The van der Waals surface area contributed by atoms with Gasteiger partial charge in [0.15, 0.2) is 0 Å². The molecule has 0 bridgehead atoms. The van der Waals surface area contributed by atoms with Crippen molar-refractivity contribution in [2.24, 2.45) is 10.8 Å². The van der Waals surface area contributed by atoms with Crippen LogP contribution in [0.4, 0.5) is 21.0 Å². The van der Waals surface area contributed by atoms with E-state index in [-0.39, 0.29) is 24.4 Å². The van der Waals surface area contributed by atoms with E-state index in [0.29, 0.717) is 5.56 Å². The molecule has 0 unspecified atom stereocenters. The Balaban J connectivity index is 3.12. The second kappa shape index (κ2) is 24.4. The Morgan fingerprint density at radius 2 is 0.839 bits per heavy atom. The fourth-order valence-corrected chi connectivity index (χ4v) is 4.00. The number of esters is 6. The van der Waals surface area contributed by atoms with E-state index in [1.807, 2.05) is 0 Å². The second-order valence-corrected chi connectivity index (χ2v) is 11.6. The normalized spacial score (nSPS) is 10.4. The zero-order valence-electron chi connectivity index (χ0n) is 30.8. The van der Waals surface area contributed by atoms with Crippen LogP contribution in [0.5, 0.6) is 0 Å². The fraction of sp³-hybridized carbons (Fsp3) is 0.316. The fourth-order valence-electron chi connectivity index (χ4n) is 4.00. The van der Waals surface area contributed by atoms with Crippen molar-refractivity contribution in [2.75, 3.05) is 63.5 Å². The number of carbonyl (C=O) groups excluding carboxylic acids is 8. The van der Waals surface area contributed by atoms with E-state index < -0.39 is 105 Å². The van der Waals surface area contributed by atoms with Crippen LogP contribution < -0.4 is 10.6 Å². The van der Waals surface area contributed by atoms with Crippen molar-refractivity contribution in [2.45, 2.75) is 13.3 Å². The molecule has 0 spiro atoms. The first-order chi connectivity index (χ1) is 26.6. The van der Waals surface area contributed by atoms with Crippen molar-refractivity contribution in [1.82, 2.24) is 0 Å². The largest absolute Gasteiger partial charge is 0.462 e. The van der Waals surface area contributed by atoms with Gasteiger partial charge >= 0.3 is 48.0 Å². The number of rotatable bonds is 25. The molecule has 18 nitrogen and oxygen atoms in total. The molecule has 56 heavy (non-hydrogen) atoms. The molecule has 1 aromatic carbocycles. The summed E-state index contributed by atoms with van der Waals surface area (Å²) in [5.41, 5.74) is -2.09. The lowest BCUT2D eigenvalue weighted by Crippen LogP contribution is -2.44. The topological polar surface area (TPSA) is 234 Å². The molecular weight excluding hydrogens is 740 g/mol. The van der Waals surface area contributed by atoms with Crippen molar-refractivity contribution in [3.63, 3.8) is 0 Å². The summed E-state index contributed by atoms with van der Waals surface area (Å²) in [4.78, 5) is 96.8. The molecule has 0 saturated heterocycles. The molecule has 0 heterocycles. The zero-order chi connectivity index (χ0) is 42.1. The van der Waals surface area contributed by atoms with Gasteiger partial charge in [0.25, 0.3) is 0 Å². The highest BCUT2D eigenvalue weighted by molar-refractivity contribution is 5.90. The molecule has 0 atom stereocenters. The van der Waals surface area contributed by atoms with Crippen LogP contribution in [0.2, 0.25) is 0 Å². The van der Waals surface area contributed by atoms with Gasteiger partial charge in [0, 0.05) is 47.8 Å². The van der Waals surface area contributed by atoms with E-state index in [2.05, 4.69) is 50.1 Å². The van der Waals surface area contributed by atoms with Gasteiger partial charge in [-0.05, 0) is 31.0 Å². The smallest absolute Gasteiger partial charge is 0.411 e. The summed E-state index contributed by atoms with van der Waals surface area (Å²) >= 11 is 0. The van der Waals surface area contributed by atoms with Gasteiger partial charge in [-0.1, -0.05) is 45.5 Å². The third-order valence-corrected chi connectivity index (χ3v) is 7.22. The zero-order valence-corrected chi connectivity index (χ0v) is 30.8. The standard InChI is InChI=1S/C38H44N2O16/c1-8-29(41)50-19-37(20-51-30(42)9-2,21-52-31(43)10-3)16-17-49-36(48)40-28-18-27(15-14-26(28)7)39-35(47)56-25-38(22-53-32(44)11-4,23-54-33(45)12-5)24-55-34(46)13-6/h8-15,18H,1-6,16-17,19-25H2,7H3,(H,39,47)(H,40,48). The van der Waals surface area contributed by atoms with E-state index >= 15 is 0 Å². The number of hydrogen-bond donors (Lipinski definition) is 2. The van der Waals surface area contributed by atoms with Crippen molar-refractivity contribution in [3.8, 4) is 0 Å². The Morgan fingerprint density at radius 3 is 1.21 bits per heavy atom. The highest BCUT2D eigenvalue weighted by atomic mass is 16.6. The molecule has 302 valence electrons. The van der Waals surface area contributed by atoms with Gasteiger partial charge in [-0.3, -0.25) is 10.6 Å². The SMILES string of the molecule is C=CC(=O)OCC(CCOC(=O)Nc1cc(NC(=O)OCC(COC(=O)C=C)(COC(=O)C=C)COC(=O)C=C)ccc1C)(COC(=O)C=C)COC(=O)C=C. The molecule has 0 aliphatic heterocycles. The van der Waals surface area contributed by atoms with Gasteiger partial charge < -0.3 is 37.9 Å². The third kappa shape index (κ3) is 17.7. The highest BCUT2D eigenvalue weighted by Crippen LogP contribution is 2.27. The Hall–Kier alpha value is -6.98. The Kier molecular flexibility index (Phi) is 20.5. The van der Waals surface area contributed by atoms with Gasteiger partial charge in [0.1, 0.15) is 51.7 Å². The molecule has 0 aliphatic carbocycles. The summed E-state index contributed by atoms with van der Waals surface area (Å²) in [5, 5.41) is 4.98. The lowest BCUT2D eigenvalue weighted by atomic mass is 9.87. The van der Waals surface area contributed by atoms with Crippen LogP contribution in [-0.4, -0.2) is 101 Å². The van der Waals surface area contributed by atoms with Crippen LogP contribution in [-0.2, 0) is 66.7 Å². The van der Waals surface area contributed by atoms with Crippen molar-refractivity contribution >= 4 is 59.4 Å². The molecule has 1 aromatic rings. The number of ether oxygens (including phenoxy) is 8. The van der Waals surface area contributed by atoms with Gasteiger partial charge in [-0.15, -0.1) is 0 Å². The van der Waals surface area contributed by atoms with Gasteiger partial charge in [0.05, 0.1) is 12.0 Å². The highest BCUT2D eigenvalue weighted by Gasteiger charge is 2.38. The molecular formula is C38H44N2O16. The first kappa shape index (κ1) is 47.0. The Bertz CT molecular complexity index is 1560. The van der Waals surface area contributed by atoms with Gasteiger partial charge in [-0.2, -0.15) is 0 Å². The molecule has 1 rings (SSSR count). The molecule has 0 radical (unpaired) electrons. The van der Waals surface area contributed by atoms with E-state index in [9.17, 15) is 38.4 Å². The van der Waals surface area contributed by atoms with Crippen LogP contribution in [0.1, 0.15) is 12.0 Å². The summed E-state index contributed by atoms with van der Waals surface area (Å²) in [5.74, 6) is -5.04. The van der Waals surface area contributed by atoms with E-state index in [0.717, 1.165) is 36.5 Å². The lowest BCUT2D eigenvalue weighted by molar-refractivity contribution is -0.160. The van der Waals surface area contributed by atoms with Crippen molar-refractivity contribution < 1.29 is 76.3 Å². The van der Waals surface area contributed by atoms with Crippen LogP contribution in [0.3, 0.4) is 0 Å². The second-order valence-electron chi connectivity index (χ2n) is 11.6. The quantitative estimate of drug-likeness (QED) is 0.0814. The van der Waals surface area contributed by atoms with Gasteiger partial charge in [0.2, 0.25) is 0 Å². The molecule has 0 aliphatic rings. The summed E-state index contributed by atoms with van der Waals surface area (Å²) in [6.45, 7) is 17.7. The average Bonchev–Trinajstić information content (AvgIpc) is 3.20. The summed E-state index contributed by atoms with van der Waals surface area (Å²) in [6, 6.07) is 4.41. The molecule has 0 saturated carbocycles. The number of carbonyl (C=O) groups is 8. The minimum atomic E-state index is -1.58. The molecule has 0 fully saturated rings. The number of aryl methyl sites for hydroxylation is 1. The Labute approximate surface area is 322 Å². The van der Waals surface area contributed by atoms with E-state index in [4.69, 9.17) is 37.9 Å². The van der Waals surface area contributed by atoms with E-state index in [1.165, 1.54) is 12.1 Å². The van der Waals surface area contributed by atoms with Crippen LogP contribution >= 0.6 is 0 Å². The molecule has 2 amide bonds. The molecule has 0 aromatic heterocycles. The lowest BCUT2D eigenvalue weighted by Gasteiger charge is -2.31. The van der Waals surface area contributed by atoms with Crippen molar-refractivity contribution in [3.05, 3.63) is 99.7 Å². The maximum absolute atomic E-state index is 12.9. The van der Waals surface area contributed by atoms with Crippen LogP contribution in [0.25, 0.3) is 0 Å². The number of benzene rings is 1. The number of anilines is 2. The first-order valence-electron chi connectivity index (χ1n) is 16.3. The Morgan fingerprint density at radius 1 is 0.500 bits per heavy atom. The van der Waals surface area contributed by atoms with Crippen LogP contribution in [0, 0.1) is 17.8 Å². The predicted octanol–water partition coefficient (Wildman–Crippen LogP) is 3.83. The maximum atomic E-state index is 12.9. The predicted molar refractivity (Wildman–Crippen MR) is 198 cm³/mol. The summed E-state index contributed by atoms with van der Waals surface area (Å²) in [7, 11) is 0. The van der Waals surface area contributed by atoms with Gasteiger partial charge in [-0.25, -0.2) is 38.4 Å². The monoisotopic (exact) mass is 784 g/mol. The summed E-state index contributed by atoms with van der Waals surface area (Å²) in [6.07, 6.45) is 3.16. The van der Waals surface area contributed by atoms with E-state index in [1.54, 1.807) is 13.0 Å². The number of hydrogen-bond acceptors (Lipinski definition) is 16. The number of nitrogens with one attached hydrogen (secondary N) is 2.